The molecule has 0 spiro atoms. The molecule has 2 N–H and O–H groups in total. The van der Waals surface area contributed by atoms with Crippen molar-refractivity contribution in [3.8, 4) is 11.5 Å². The number of aromatic hydroxyl groups is 1. The van der Waals surface area contributed by atoms with Gasteiger partial charge in [0.1, 0.15) is 17.1 Å². The van der Waals surface area contributed by atoms with Crippen LogP contribution in [0.5, 0.6) is 11.5 Å². The number of nitrogens with one attached hydrogen (secondary N) is 1. The molecule has 0 fully saturated rings. The molecular weight excluding hydrogens is 369 g/mol. The van der Waals surface area contributed by atoms with Crippen LogP contribution < -0.4 is 10.1 Å². The van der Waals surface area contributed by atoms with Crippen LogP contribution in [0.4, 0.5) is 5.69 Å². The van der Waals surface area contributed by atoms with Crippen molar-refractivity contribution in [2.75, 3.05) is 12.4 Å². The van der Waals surface area contributed by atoms with Crippen molar-refractivity contribution in [1.82, 2.24) is 0 Å². The van der Waals surface area contributed by atoms with Crippen molar-refractivity contribution in [3.05, 3.63) is 52.0 Å². The van der Waals surface area contributed by atoms with Gasteiger partial charge in [-0.25, -0.2) is 4.79 Å². The van der Waals surface area contributed by atoms with Crippen LogP contribution in [0.25, 0.3) is 0 Å². The molecule has 8 heteroatoms. The van der Waals surface area contributed by atoms with Crippen LogP contribution in [0.2, 0.25) is 10.0 Å². The van der Waals surface area contributed by atoms with Gasteiger partial charge in [0, 0.05) is 10.0 Å². The maximum atomic E-state index is 12.2. The van der Waals surface area contributed by atoms with E-state index in [2.05, 4.69) is 5.32 Å². The van der Waals surface area contributed by atoms with Gasteiger partial charge in [-0.3, -0.25) is 4.79 Å². The molecule has 1 atom stereocenters. The molecule has 0 saturated carbocycles. The van der Waals surface area contributed by atoms with Gasteiger partial charge in [-0.15, -0.1) is 0 Å². The monoisotopic (exact) mass is 383 g/mol. The van der Waals surface area contributed by atoms with Gasteiger partial charge in [0.05, 0.1) is 12.8 Å². The number of hydrogen-bond donors (Lipinski definition) is 2. The van der Waals surface area contributed by atoms with Gasteiger partial charge in [0.2, 0.25) is 0 Å². The highest BCUT2D eigenvalue weighted by Gasteiger charge is 2.22. The van der Waals surface area contributed by atoms with E-state index in [4.69, 9.17) is 32.7 Å². The summed E-state index contributed by atoms with van der Waals surface area (Å²) in [5.74, 6) is -1.35. The molecule has 0 bridgehead atoms. The van der Waals surface area contributed by atoms with Crippen LogP contribution in [0, 0.1) is 0 Å². The molecule has 0 unspecified atom stereocenters. The van der Waals surface area contributed by atoms with E-state index in [0.29, 0.717) is 16.5 Å². The molecule has 0 saturated heterocycles. The number of anilines is 1. The largest absolute Gasteiger partial charge is 0.507 e. The summed E-state index contributed by atoms with van der Waals surface area (Å²) in [6.45, 7) is 1.39. The Kier molecular flexibility index (Phi) is 6.12. The molecule has 6 nitrogen and oxygen atoms in total. The number of ether oxygens (including phenoxy) is 2. The van der Waals surface area contributed by atoms with Crippen LogP contribution in [-0.4, -0.2) is 30.2 Å². The second-order valence-corrected chi connectivity index (χ2v) is 5.92. The number of benzene rings is 2. The summed E-state index contributed by atoms with van der Waals surface area (Å²) in [6.07, 6.45) is -1.13. The molecule has 0 aliphatic carbocycles. The standard InChI is InChI=1S/C17H15Cl2NO5/c1-9(25-17(23)12-7-10(18)3-5-14(12)21)16(22)20-13-8-11(19)4-6-15(13)24-2/h3-9,21H,1-2H3,(H,20,22)/t9-/m0/s1. The fourth-order valence-electron chi connectivity index (χ4n) is 1.96. The van der Waals surface area contributed by atoms with Crippen molar-refractivity contribution in [2.24, 2.45) is 0 Å². The Morgan fingerprint density at radius 1 is 1.12 bits per heavy atom. The molecule has 0 aromatic heterocycles. The second kappa shape index (κ2) is 8.09. The maximum Gasteiger partial charge on any atom is 0.342 e. The maximum absolute atomic E-state index is 12.2. The SMILES string of the molecule is COc1ccc(Cl)cc1NC(=O)[C@H](C)OC(=O)c1cc(Cl)ccc1O. The Bertz CT molecular complexity index is 810. The van der Waals surface area contributed by atoms with Gasteiger partial charge in [-0.2, -0.15) is 0 Å². The van der Waals surface area contributed by atoms with Gasteiger partial charge >= 0.3 is 5.97 Å². The molecule has 0 aliphatic rings. The lowest BCUT2D eigenvalue weighted by Crippen LogP contribution is -2.30. The molecule has 0 heterocycles. The number of hydrogen-bond acceptors (Lipinski definition) is 5. The lowest BCUT2D eigenvalue weighted by molar-refractivity contribution is -0.123. The minimum atomic E-state index is -1.13. The zero-order valence-corrected chi connectivity index (χ0v) is 14.9. The van der Waals surface area contributed by atoms with Crippen LogP contribution in [0.3, 0.4) is 0 Å². The summed E-state index contributed by atoms with van der Waals surface area (Å²) >= 11 is 11.7. The molecule has 2 rings (SSSR count). The number of rotatable bonds is 5. The first-order chi connectivity index (χ1) is 11.8. The van der Waals surface area contributed by atoms with Crippen LogP contribution in [0.1, 0.15) is 17.3 Å². The first kappa shape index (κ1) is 18.9. The predicted octanol–water partition coefficient (Wildman–Crippen LogP) is 3.89. The summed E-state index contributed by atoms with van der Waals surface area (Å²) in [5.41, 5.74) is 0.209. The molecule has 0 aliphatic heterocycles. The Balaban J connectivity index is 2.09. The third-order valence-electron chi connectivity index (χ3n) is 3.25. The second-order valence-electron chi connectivity index (χ2n) is 5.04. The number of methoxy groups -OCH3 is 1. The number of phenols is 1. The summed E-state index contributed by atoms with van der Waals surface area (Å²) < 4.78 is 10.2. The lowest BCUT2D eigenvalue weighted by atomic mass is 10.2. The molecule has 1 amide bonds. The van der Waals surface area contributed by atoms with E-state index in [9.17, 15) is 14.7 Å². The summed E-state index contributed by atoms with van der Waals surface area (Å²) in [6, 6.07) is 8.66. The number of esters is 1. The number of carbonyl (C=O) groups excluding carboxylic acids is 2. The van der Waals surface area contributed by atoms with Gasteiger partial charge in [0.25, 0.3) is 5.91 Å². The first-order valence-corrected chi connectivity index (χ1v) is 7.91. The van der Waals surface area contributed by atoms with E-state index in [1.165, 1.54) is 38.3 Å². The average molecular weight is 384 g/mol. The zero-order valence-electron chi connectivity index (χ0n) is 13.4. The van der Waals surface area contributed by atoms with E-state index in [-0.39, 0.29) is 16.3 Å². The highest BCUT2D eigenvalue weighted by molar-refractivity contribution is 6.31. The minimum absolute atomic E-state index is 0.132. The molecule has 132 valence electrons. The van der Waals surface area contributed by atoms with Crippen molar-refractivity contribution >= 4 is 40.8 Å². The fraction of sp³-hybridized carbons (Fsp3) is 0.176. The van der Waals surface area contributed by atoms with Crippen molar-refractivity contribution in [2.45, 2.75) is 13.0 Å². The normalized spacial score (nSPS) is 11.5. The Labute approximate surface area is 154 Å². The van der Waals surface area contributed by atoms with Crippen LogP contribution in [0.15, 0.2) is 36.4 Å². The number of amides is 1. The van der Waals surface area contributed by atoms with Crippen LogP contribution in [-0.2, 0) is 9.53 Å². The third kappa shape index (κ3) is 4.78. The van der Waals surface area contributed by atoms with E-state index in [1.807, 2.05) is 0 Å². The Morgan fingerprint density at radius 3 is 2.44 bits per heavy atom. The van der Waals surface area contributed by atoms with E-state index < -0.39 is 18.0 Å². The summed E-state index contributed by atoms with van der Waals surface area (Å²) in [5, 5.41) is 12.9. The van der Waals surface area contributed by atoms with Gasteiger partial charge in [0.15, 0.2) is 6.10 Å². The molecule has 2 aromatic carbocycles. The predicted molar refractivity (Wildman–Crippen MR) is 94.6 cm³/mol. The van der Waals surface area contributed by atoms with Crippen LogP contribution >= 0.6 is 23.2 Å². The highest BCUT2D eigenvalue weighted by atomic mass is 35.5. The Morgan fingerprint density at radius 2 is 1.76 bits per heavy atom. The van der Waals surface area contributed by atoms with E-state index in [1.54, 1.807) is 12.1 Å². The summed E-state index contributed by atoms with van der Waals surface area (Å²) in [7, 11) is 1.45. The number of phenolic OH excluding ortho intramolecular Hbond substituents is 1. The van der Waals surface area contributed by atoms with E-state index >= 15 is 0 Å². The van der Waals surface area contributed by atoms with Crippen molar-refractivity contribution < 1.29 is 24.2 Å². The number of carbonyl (C=O) groups is 2. The molecular formula is C17H15Cl2NO5. The average Bonchev–Trinajstić information content (AvgIpc) is 2.57. The smallest absolute Gasteiger partial charge is 0.342 e. The fourth-order valence-corrected chi connectivity index (χ4v) is 2.31. The highest BCUT2D eigenvalue weighted by Crippen LogP contribution is 2.28. The molecule has 2 aromatic rings. The van der Waals surface area contributed by atoms with Crippen molar-refractivity contribution in [3.63, 3.8) is 0 Å². The van der Waals surface area contributed by atoms with Gasteiger partial charge in [-0.05, 0) is 43.3 Å². The summed E-state index contributed by atoms with van der Waals surface area (Å²) in [4.78, 5) is 24.3. The van der Waals surface area contributed by atoms with Gasteiger partial charge < -0.3 is 19.9 Å². The van der Waals surface area contributed by atoms with Crippen molar-refractivity contribution in [1.29, 1.82) is 0 Å². The van der Waals surface area contributed by atoms with E-state index in [0.717, 1.165) is 0 Å². The Hall–Kier alpha value is -2.44. The zero-order chi connectivity index (χ0) is 18.6. The third-order valence-corrected chi connectivity index (χ3v) is 3.72. The lowest BCUT2D eigenvalue weighted by Gasteiger charge is -2.15. The molecule has 0 radical (unpaired) electrons. The quantitative estimate of drug-likeness (QED) is 0.764. The first-order valence-electron chi connectivity index (χ1n) is 7.15. The minimum Gasteiger partial charge on any atom is -0.507 e. The number of halogens is 2. The topological polar surface area (TPSA) is 84.9 Å². The van der Waals surface area contributed by atoms with Gasteiger partial charge in [-0.1, -0.05) is 23.2 Å². The molecule has 25 heavy (non-hydrogen) atoms.